The van der Waals surface area contributed by atoms with Crippen molar-refractivity contribution in [3.63, 3.8) is 0 Å². The molecule has 1 aromatic heterocycles. The van der Waals surface area contributed by atoms with E-state index in [-0.39, 0.29) is 17.7 Å². The molecular weight excluding hydrogens is 378 g/mol. The van der Waals surface area contributed by atoms with Gasteiger partial charge in [-0.25, -0.2) is 0 Å². The predicted molar refractivity (Wildman–Crippen MR) is 93.0 cm³/mol. The molecule has 1 unspecified atom stereocenters. The van der Waals surface area contributed by atoms with Gasteiger partial charge < -0.3 is 24.5 Å². The van der Waals surface area contributed by atoms with Crippen molar-refractivity contribution in [1.29, 1.82) is 0 Å². The number of anilines is 1. The minimum absolute atomic E-state index is 0.106. The highest BCUT2D eigenvalue weighted by Crippen LogP contribution is 2.39. The van der Waals surface area contributed by atoms with Gasteiger partial charge >= 0.3 is 5.82 Å². The first-order chi connectivity index (χ1) is 11.4. The lowest BCUT2D eigenvalue weighted by molar-refractivity contribution is -0.388. The number of halogens is 1. The average Bonchev–Trinajstić information content (AvgIpc) is 2.45. The maximum Gasteiger partial charge on any atom is 0.387 e. The summed E-state index contributed by atoms with van der Waals surface area (Å²) in [5, 5.41) is 11.2. The molecule has 7 nitrogen and oxygen atoms in total. The molecule has 2 fully saturated rings. The van der Waals surface area contributed by atoms with Gasteiger partial charge in [0, 0.05) is 25.6 Å². The number of pyridine rings is 1. The first kappa shape index (κ1) is 17.6. The molecule has 0 aromatic carbocycles. The van der Waals surface area contributed by atoms with Gasteiger partial charge in [-0.1, -0.05) is 0 Å². The highest BCUT2D eigenvalue weighted by atomic mass is 79.9. The van der Waals surface area contributed by atoms with Crippen molar-refractivity contribution < 1.29 is 14.4 Å². The second-order valence-electron chi connectivity index (χ2n) is 6.87. The molecule has 0 aliphatic carbocycles. The molecule has 3 rings (SSSR count). The number of hydrogen-bond acceptors (Lipinski definition) is 6. The Morgan fingerprint density at radius 2 is 2.21 bits per heavy atom. The molecule has 8 heteroatoms. The molecule has 2 aliphatic rings. The van der Waals surface area contributed by atoms with E-state index in [1.807, 2.05) is 4.90 Å². The van der Waals surface area contributed by atoms with Crippen molar-refractivity contribution >= 4 is 27.4 Å². The Kier molecular flexibility index (Phi) is 5.08. The zero-order chi connectivity index (χ0) is 17.3. The number of aromatic nitrogens is 1. The third kappa shape index (κ3) is 3.70. The van der Waals surface area contributed by atoms with Gasteiger partial charge in [0.05, 0.1) is 10.1 Å². The van der Waals surface area contributed by atoms with Crippen LogP contribution >= 0.6 is 15.9 Å². The molecule has 0 amide bonds. The summed E-state index contributed by atoms with van der Waals surface area (Å²) in [4.78, 5) is 16.6. The van der Waals surface area contributed by atoms with Crippen molar-refractivity contribution in [3.8, 4) is 0 Å². The predicted octanol–water partition coefficient (Wildman–Crippen LogP) is 3.51. The minimum Gasteiger partial charge on any atom is -0.364 e. The van der Waals surface area contributed by atoms with Crippen LogP contribution in [-0.4, -0.2) is 41.5 Å². The Balaban J connectivity index is 1.64. The SMILES string of the molecule is CC(C)(OC1CCCCO1)C1CN(c2cc(Br)cnc2[N+](=O)[O-])C1. The van der Waals surface area contributed by atoms with Gasteiger partial charge in [0.2, 0.25) is 0 Å². The van der Waals surface area contributed by atoms with E-state index in [4.69, 9.17) is 9.47 Å². The average molecular weight is 400 g/mol. The maximum absolute atomic E-state index is 11.2. The van der Waals surface area contributed by atoms with E-state index < -0.39 is 4.92 Å². The molecule has 0 radical (unpaired) electrons. The van der Waals surface area contributed by atoms with E-state index in [2.05, 4.69) is 34.8 Å². The number of hydrogen-bond donors (Lipinski definition) is 0. The first-order valence-electron chi connectivity index (χ1n) is 8.21. The first-order valence-corrected chi connectivity index (χ1v) is 9.00. The lowest BCUT2D eigenvalue weighted by Crippen LogP contribution is -2.58. The topological polar surface area (TPSA) is 77.7 Å². The van der Waals surface area contributed by atoms with Gasteiger partial charge in [0.25, 0.3) is 0 Å². The Hall–Kier alpha value is -1.25. The summed E-state index contributed by atoms with van der Waals surface area (Å²) in [6.45, 7) is 6.31. The number of nitro groups is 1. The van der Waals surface area contributed by atoms with Gasteiger partial charge in [-0.3, -0.25) is 0 Å². The zero-order valence-corrected chi connectivity index (χ0v) is 15.5. The lowest BCUT2D eigenvalue weighted by atomic mass is 9.83. The standard InChI is InChI=1S/C16H22BrN3O4/c1-16(2,24-14-5-3-4-6-23-14)11-9-19(10-11)13-7-12(17)8-18-15(13)20(21)22/h7-8,11,14H,3-6,9-10H2,1-2H3. The van der Waals surface area contributed by atoms with Crippen molar-refractivity contribution in [3.05, 3.63) is 26.9 Å². The van der Waals surface area contributed by atoms with Gasteiger partial charge in [0.1, 0.15) is 5.69 Å². The van der Waals surface area contributed by atoms with Crippen LogP contribution in [0.4, 0.5) is 11.5 Å². The van der Waals surface area contributed by atoms with E-state index in [0.717, 1.165) is 30.3 Å². The monoisotopic (exact) mass is 399 g/mol. The smallest absolute Gasteiger partial charge is 0.364 e. The fourth-order valence-corrected chi connectivity index (χ4v) is 3.47. The second-order valence-corrected chi connectivity index (χ2v) is 7.79. The highest BCUT2D eigenvalue weighted by Gasteiger charge is 2.43. The van der Waals surface area contributed by atoms with Gasteiger partial charge in [0.15, 0.2) is 12.5 Å². The minimum atomic E-state index is -0.438. The number of ether oxygens (including phenoxy) is 2. The summed E-state index contributed by atoms with van der Waals surface area (Å²) in [6.07, 6.45) is 4.47. The van der Waals surface area contributed by atoms with Gasteiger partial charge in [-0.15, -0.1) is 0 Å². The molecular formula is C16H22BrN3O4. The summed E-state index contributed by atoms with van der Waals surface area (Å²) in [5.41, 5.74) is 0.225. The summed E-state index contributed by atoms with van der Waals surface area (Å²) >= 11 is 3.33. The van der Waals surface area contributed by atoms with Crippen LogP contribution < -0.4 is 4.90 Å². The van der Waals surface area contributed by atoms with Crippen LogP contribution in [0, 0.1) is 16.0 Å². The van der Waals surface area contributed by atoms with Crippen LogP contribution in [0.15, 0.2) is 16.7 Å². The molecule has 24 heavy (non-hydrogen) atoms. The van der Waals surface area contributed by atoms with Crippen LogP contribution in [0.2, 0.25) is 0 Å². The largest absolute Gasteiger partial charge is 0.387 e. The number of rotatable bonds is 5. The van der Waals surface area contributed by atoms with Crippen molar-refractivity contribution in [2.45, 2.75) is 45.0 Å². The van der Waals surface area contributed by atoms with Crippen molar-refractivity contribution in [2.24, 2.45) is 5.92 Å². The Labute approximate surface area is 149 Å². The van der Waals surface area contributed by atoms with E-state index >= 15 is 0 Å². The van der Waals surface area contributed by atoms with E-state index in [9.17, 15) is 10.1 Å². The maximum atomic E-state index is 11.2. The molecule has 1 aromatic rings. The summed E-state index contributed by atoms with van der Waals surface area (Å²) in [5.74, 6) is 0.188. The van der Waals surface area contributed by atoms with E-state index in [1.165, 1.54) is 6.20 Å². The fourth-order valence-electron chi connectivity index (χ4n) is 3.15. The van der Waals surface area contributed by atoms with Gasteiger partial charge in [-0.05, 0) is 65.0 Å². The van der Waals surface area contributed by atoms with Crippen LogP contribution in [0.5, 0.6) is 0 Å². The molecule has 0 N–H and O–H groups in total. The van der Waals surface area contributed by atoms with Crippen molar-refractivity contribution in [2.75, 3.05) is 24.6 Å². The number of nitrogens with zero attached hydrogens (tertiary/aromatic N) is 3. The highest BCUT2D eigenvalue weighted by molar-refractivity contribution is 9.10. The van der Waals surface area contributed by atoms with Gasteiger partial charge in [-0.2, -0.15) is 0 Å². The van der Waals surface area contributed by atoms with Crippen molar-refractivity contribution in [1.82, 2.24) is 4.98 Å². The Morgan fingerprint density at radius 1 is 1.46 bits per heavy atom. The molecule has 0 bridgehead atoms. The second kappa shape index (κ2) is 6.93. The van der Waals surface area contributed by atoms with Crippen LogP contribution in [0.1, 0.15) is 33.1 Å². The molecule has 0 saturated carbocycles. The van der Waals surface area contributed by atoms with Crippen LogP contribution in [0.25, 0.3) is 0 Å². The zero-order valence-electron chi connectivity index (χ0n) is 13.9. The Bertz CT molecular complexity index is 613. The Morgan fingerprint density at radius 3 is 2.83 bits per heavy atom. The third-order valence-corrected chi connectivity index (χ3v) is 5.20. The van der Waals surface area contributed by atoms with E-state index in [0.29, 0.717) is 24.7 Å². The lowest BCUT2D eigenvalue weighted by Gasteiger charge is -2.49. The summed E-state index contributed by atoms with van der Waals surface area (Å²) < 4.78 is 12.6. The third-order valence-electron chi connectivity index (χ3n) is 4.77. The normalized spacial score (nSPS) is 22.3. The molecule has 2 saturated heterocycles. The quantitative estimate of drug-likeness (QED) is 0.556. The summed E-state index contributed by atoms with van der Waals surface area (Å²) in [7, 11) is 0. The summed E-state index contributed by atoms with van der Waals surface area (Å²) in [6, 6.07) is 1.75. The fraction of sp³-hybridized carbons (Fsp3) is 0.688. The van der Waals surface area contributed by atoms with Crippen LogP contribution in [-0.2, 0) is 9.47 Å². The molecule has 1 atom stereocenters. The van der Waals surface area contributed by atoms with E-state index in [1.54, 1.807) is 6.07 Å². The van der Waals surface area contributed by atoms with Crippen LogP contribution in [0.3, 0.4) is 0 Å². The molecule has 132 valence electrons. The molecule has 2 aliphatic heterocycles. The molecule has 3 heterocycles. The molecule has 0 spiro atoms.